The number of nitrogens with zero attached hydrogens (tertiary/aromatic N) is 3. The zero-order chi connectivity index (χ0) is 21.1. The molecule has 1 aliphatic carbocycles. The Kier molecular flexibility index (Phi) is 5.20. The van der Waals surface area contributed by atoms with E-state index in [1.54, 1.807) is 30.6 Å². The molecule has 0 radical (unpaired) electrons. The summed E-state index contributed by atoms with van der Waals surface area (Å²) >= 11 is 0. The van der Waals surface area contributed by atoms with Crippen molar-refractivity contribution in [2.24, 2.45) is 0 Å². The first-order chi connectivity index (χ1) is 14.5. The van der Waals surface area contributed by atoms with Gasteiger partial charge in [0.25, 0.3) is 5.91 Å². The van der Waals surface area contributed by atoms with Crippen molar-refractivity contribution in [3.63, 3.8) is 0 Å². The van der Waals surface area contributed by atoms with E-state index in [2.05, 4.69) is 16.4 Å². The van der Waals surface area contributed by atoms with Crippen molar-refractivity contribution in [3.05, 3.63) is 77.9 Å². The molecule has 1 aromatic carbocycles. The second-order valence-corrected chi connectivity index (χ2v) is 7.76. The van der Waals surface area contributed by atoms with Gasteiger partial charge in [-0.15, -0.1) is 0 Å². The summed E-state index contributed by atoms with van der Waals surface area (Å²) < 4.78 is 1.90. The summed E-state index contributed by atoms with van der Waals surface area (Å²) in [6.07, 6.45) is 7.01. The van der Waals surface area contributed by atoms with Gasteiger partial charge in [-0.1, -0.05) is 17.7 Å². The highest BCUT2D eigenvalue weighted by Crippen LogP contribution is 2.37. The van der Waals surface area contributed by atoms with Gasteiger partial charge in [0, 0.05) is 30.9 Å². The maximum absolute atomic E-state index is 12.6. The van der Waals surface area contributed by atoms with Gasteiger partial charge in [0.2, 0.25) is 0 Å². The number of rotatable bonds is 4. The number of ketones is 1. The molecule has 0 atom stereocenters. The van der Waals surface area contributed by atoms with Crippen LogP contribution in [-0.2, 0) is 10.2 Å². The highest BCUT2D eigenvalue weighted by Gasteiger charge is 2.37. The Hall–Kier alpha value is -3.72. The Morgan fingerprint density at radius 3 is 2.50 bits per heavy atom. The molecule has 1 amide bonds. The highest BCUT2D eigenvalue weighted by molar-refractivity contribution is 6.04. The summed E-state index contributed by atoms with van der Waals surface area (Å²) in [7, 11) is 0. The number of amides is 1. The number of hydrogen-bond donors (Lipinski definition) is 1. The van der Waals surface area contributed by atoms with Crippen LogP contribution in [0.4, 0.5) is 5.69 Å². The van der Waals surface area contributed by atoms with Crippen LogP contribution in [0.5, 0.6) is 0 Å². The normalized spacial score (nSPS) is 15.4. The van der Waals surface area contributed by atoms with Gasteiger partial charge in [0.05, 0.1) is 29.2 Å². The van der Waals surface area contributed by atoms with Crippen molar-refractivity contribution in [1.82, 2.24) is 9.55 Å². The van der Waals surface area contributed by atoms with Gasteiger partial charge in [-0.25, -0.2) is 0 Å². The Bertz CT molecular complexity index is 1110. The maximum atomic E-state index is 12.6. The van der Waals surface area contributed by atoms with E-state index in [0.717, 1.165) is 5.69 Å². The minimum absolute atomic E-state index is 0.197. The van der Waals surface area contributed by atoms with Crippen molar-refractivity contribution in [2.75, 3.05) is 5.32 Å². The number of benzene rings is 1. The van der Waals surface area contributed by atoms with Gasteiger partial charge in [-0.3, -0.25) is 14.6 Å². The lowest BCUT2D eigenvalue weighted by atomic mass is 9.72. The largest absolute Gasteiger partial charge is 0.323 e. The van der Waals surface area contributed by atoms with Gasteiger partial charge >= 0.3 is 0 Å². The molecule has 0 spiro atoms. The van der Waals surface area contributed by atoms with Crippen LogP contribution < -0.4 is 5.32 Å². The highest BCUT2D eigenvalue weighted by atomic mass is 16.1. The van der Waals surface area contributed by atoms with Crippen molar-refractivity contribution in [2.45, 2.75) is 38.0 Å². The Morgan fingerprint density at radius 2 is 1.87 bits per heavy atom. The summed E-state index contributed by atoms with van der Waals surface area (Å²) in [5.74, 6) is -0.0315. The number of pyridine rings is 1. The van der Waals surface area contributed by atoms with Crippen LogP contribution in [0.25, 0.3) is 5.69 Å². The fourth-order valence-corrected chi connectivity index (χ4v) is 3.74. The smallest absolute Gasteiger partial charge is 0.257 e. The molecule has 0 aliphatic heterocycles. The zero-order valence-corrected chi connectivity index (χ0v) is 16.8. The van der Waals surface area contributed by atoms with Crippen LogP contribution >= 0.6 is 0 Å². The van der Waals surface area contributed by atoms with E-state index in [1.165, 1.54) is 5.56 Å². The zero-order valence-electron chi connectivity index (χ0n) is 16.8. The third-order valence-electron chi connectivity index (χ3n) is 5.67. The molecule has 1 fully saturated rings. The first-order valence-electron chi connectivity index (χ1n) is 9.95. The van der Waals surface area contributed by atoms with Crippen molar-refractivity contribution >= 4 is 17.4 Å². The SMILES string of the molecule is Cc1ccc(-n2ccc(C(=O)Nc3ccc(C4(C#N)CCC(=O)CC4)nc3)c2)cc1. The number of Topliss-reactive ketones (excluding diaryl/α,β-unsaturated/α-hetero) is 1. The summed E-state index contributed by atoms with van der Waals surface area (Å²) in [5.41, 5.74) is 3.20. The molecular weight excluding hydrogens is 376 g/mol. The molecule has 0 bridgehead atoms. The second kappa shape index (κ2) is 7.96. The number of nitriles is 1. The van der Waals surface area contributed by atoms with Crippen LogP contribution in [-0.4, -0.2) is 21.2 Å². The van der Waals surface area contributed by atoms with Crippen LogP contribution in [0.3, 0.4) is 0 Å². The van der Waals surface area contributed by atoms with Gasteiger partial charge in [0.1, 0.15) is 11.2 Å². The lowest BCUT2D eigenvalue weighted by Gasteiger charge is -2.29. The Balaban J connectivity index is 1.46. The second-order valence-electron chi connectivity index (χ2n) is 7.76. The average molecular weight is 398 g/mol. The lowest BCUT2D eigenvalue weighted by Crippen LogP contribution is -2.31. The molecule has 30 heavy (non-hydrogen) atoms. The average Bonchev–Trinajstić information content (AvgIpc) is 3.26. The molecule has 0 saturated heterocycles. The molecule has 4 rings (SSSR count). The summed E-state index contributed by atoms with van der Waals surface area (Å²) in [6.45, 7) is 2.03. The molecular formula is C24H22N4O2. The van der Waals surface area contributed by atoms with Crippen LogP contribution in [0, 0.1) is 18.3 Å². The van der Waals surface area contributed by atoms with E-state index in [4.69, 9.17) is 0 Å². The number of hydrogen-bond acceptors (Lipinski definition) is 4. The van der Waals surface area contributed by atoms with Gasteiger partial charge in [-0.05, 0) is 50.1 Å². The number of aryl methyl sites for hydroxylation is 1. The van der Waals surface area contributed by atoms with Gasteiger partial charge in [-0.2, -0.15) is 5.26 Å². The monoisotopic (exact) mass is 398 g/mol. The molecule has 2 aromatic heterocycles. The fourth-order valence-electron chi connectivity index (χ4n) is 3.74. The predicted octanol–water partition coefficient (Wildman–Crippen LogP) is 4.34. The number of anilines is 1. The van der Waals surface area contributed by atoms with Crippen molar-refractivity contribution in [1.29, 1.82) is 5.26 Å². The summed E-state index contributed by atoms with van der Waals surface area (Å²) in [6, 6.07) is 15.7. The number of aromatic nitrogens is 2. The summed E-state index contributed by atoms with van der Waals surface area (Å²) in [4.78, 5) is 28.6. The minimum Gasteiger partial charge on any atom is -0.323 e. The van der Waals surface area contributed by atoms with E-state index >= 15 is 0 Å². The maximum Gasteiger partial charge on any atom is 0.257 e. The molecule has 1 N–H and O–H groups in total. The molecule has 2 heterocycles. The van der Waals surface area contributed by atoms with Gasteiger partial charge in [0.15, 0.2) is 0 Å². The number of carbonyl (C=O) groups excluding carboxylic acids is 2. The molecule has 1 saturated carbocycles. The van der Waals surface area contributed by atoms with E-state index in [-0.39, 0.29) is 11.7 Å². The topological polar surface area (TPSA) is 87.8 Å². The van der Waals surface area contributed by atoms with Crippen LogP contribution in [0.2, 0.25) is 0 Å². The van der Waals surface area contributed by atoms with E-state index in [1.807, 2.05) is 42.0 Å². The minimum atomic E-state index is -0.721. The standard InChI is InChI=1S/C24H22N4O2/c1-17-2-5-20(6-3-17)28-13-10-18(15-28)23(30)27-19-4-7-22(26-14-19)24(16-25)11-8-21(29)9-12-24/h2-7,10,13-15H,8-9,11-12H2,1H3,(H,27,30). The van der Waals surface area contributed by atoms with E-state index in [0.29, 0.717) is 42.6 Å². The number of carbonyl (C=O) groups is 2. The Labute approximate surface area is 175 Å². The first-order valence-corrected chi connectivity index (χ1v) is 9.95. The van der Waals surface area contributed by atoms with E-state index < -0.39 is 5.41 Å². The van der Waals surface area contributed by atoms with E-state index in [9.17, 15) is 14.9 Å². The van der Waals surface area contributed by atoms with Crippen molar-refractivity contribution in [3.8, 4) is 11.8 Å². The van der Waals surface area contributed by atoms with Gasteiger partial charge < -0.3 is 9.88 Å². The molecule has 3 aromatic rings. The molecule has 0 unspecified atom stereocenters. The van der Waals surface area contributed by atoms with Crippen LogP contribution in [0.1, 0.15) is 47.3 Å². The predicted molar refractivity (Wildman–Crippen MR) is 113 cm³/mol. The van der Waals surface area contributed by atoms with Crippen molar-refractivity contribution < 1.29 is 9.59 Å². The molecule has 6 heteroatoms. The first kappa shape index (κ1) is 19.6. The summed E-state index contributed by atoms with van der Waals surface area (Å²) in [5, 5.41) is 12.5. The number of nitrogens with one attached hydrogen (secondary N) is 1. The fraction of sp³-hybridized carbons (Fsp3) is 0.250. The third-order valence-corrected chi connectivity index (χ3v) is 5.67. The third kappa shape index (κ3) is 3.87. The van der Waals surface area contributed by atoms with Crippen LogP contribution in [0.15, 0.2) is 61.1 Å². The Morgan fingerprint density at radius 1 is 1.13 bits per heavy atom. The molecule has 1 aliphatic rings. The molecule has 150 valence electrons. The molecule has 6 nitrogen and oxygen atoms in total. The lowest BCUT2D eigenvalue weighted by molar-refractivity contribution is -0.121. The quantitative estimate of drug-likeness (QED) is 0.708.